The summed E-state index contributed by atoms with van der Waals surface area (Å²) in [5.41, 5.74) is 5.17. The number of benzene rings is 1. The van der Waals surface area contributed by atoms with Crippen LogP contribution in [0.25, 0.3) is 10.9 Å². The lowest BCUT2D eigenvalue weighted by Gasteiger charge is -2.27. The van der Waals surface area contributed by atoms with Gasteiger partial charge < -0.3 is 14.6 Å². The number of H-pyrrole nitrogens is 1. The van der Waals surface area contributed by atoms with E-state index in [1.165, 1.54) is 10.4 Å². The van der Waals surface area contributed by atoms with E-state index in [0.29, 0.717) is 13.1 Å². The van der Waals surface area contributed by atoms with Crippen molar-refractivity contribution >= 4 is 16.8 Å². The number of fused-ring (bicyclic) bond motifs is 4. The molecule has 2 aromatic heterocycles. The maximum atomic E-state index is 13.0. The van der Waals surface area contributed by atoms with Crippen molar-refractivity contribution in [3.05, 3.63) is 57.1 Å². The van der Waals surface area contributed by atoms with Crippen LogP contribution in [0.1, 0.15) is 35.4 Å². The summed E-state index contributed by atoms with van der Waals surface area (Å²) in [6, 6.07) is 7.61. The largest absolute Gasteiger partial charge is 0.497 e. The summed E-state index contributed by atoms with van der Waals surface area (Å²) >= 11 is 0. The lowest BCUT2D eigenvalue weighted by atomic mass is 9.97. The van der Waals surface area contributed by atoms with Crippen molar-refractivity contribution in [1.82, 2.24) is 19.7 Å². The Balaban J connectivity index is 1.39. The zero-order valence-electron chi connectivity index (χ0n) is 16.5. The van der Waals surface area contributed by atoms with Crippen molar-refractivity contribution in [3.8, 4) is 5.75 Å². The Bertz CT molecular complexity index is 1160. The number of nitrogens with zero attached hydrogens (tertiary/aromatic N) is 3. The number of nitrogens with one attached hydrogen (secondary N) is 1. The predicted molar refractivity (Wildman–Crippen MR) is 109 cm³/mol. The highest BCUT2D eigenvalue weighted by Gasteiger charge is 2.25. The first kappa shape index (κ1) is 18.0. The van der Waals surface area contributed by atoms with Crippen LogP contribution in [0.15, 0.2) is 29.1 Å². The fraction of sp³-hybridized carbons (Fsp3) is 0.409. The van der Waals surface area contributed by atoms with Crippen molar-refractivity contribution < 1.29 is 9.53 Å². The highest BCUT2D eigenvalue weighted by molar-refractivity contribution is 5.87. The fourth-order valence-electron chi connectivity index (χ4n) is 4.48. The summed E-state index contributed by atoms with van der Waals surface area (Å²) in [7, 11) is 1.65. The zero-order valence-corrected chi connectivity index (χ0v) is 16.5. The molecule has 0 saturated heterocycles. The Labute approximate surface area is 168 Å². The van der Waals surface area contributed by atoms with Gasteiger partial charge in [-0.25, -0.2) is 4.68 Å². The average Bonchev–Trinajstić information content (AvgIpc) is 3.11. The second kappa shape index (κ2) is 7.06. The zero-order chi connectivity index (χ0) is 20.0. The summed E-state index contributed by atoms with van der Waals surface area (Å²) in [5.74, 6) is 0.728. The topological polar surface area (TPSA) is 80.2 Å². The number of rotatable bonds is 3. The summed E-state index contributed by atoms with van der Waals surface area (Å²) in [4.78, 5) is 30.7. The first-order chi connectivity index (χ1) is 14.1. The molecule has 7 heteroatoms. The highest BCUT2D eigenvalue weighted by atomic mass is 16.5. The number of methoxy groups -OCH3 is 1. The van der Waals surface area contributed by atoms with Gasteiger partial charge in [-0.15, -0.1) is 0 Å². The summed E-state index contributed by atoms with van der Waals surface area (Å²) in [5, 5.41) is 5.57. The van der Waals surface area contributed by atoms with Gasteiger partial charge in [0.15, 0.2) is 0 Å². The molecule has 1 aliphatic heterocycles. The molecule has 0 radical (unpaired) electrons. The van der Waals surface area contributed by atoms with E-state index in [0.717, 1.165) is 65.6 Å². The average molecular weight is 392 g/mol. The van der Waals surface area contributed by atoms with Gasteiger partial charge >= 0.3 is 0 Å². The molecule has 0 bridgehead atoms. The predicted octanol–water partition coefficient (Wildman–Crippen LogP) is 2.20. The Morgan fingerprint density at radius 1 is 1.21 bits per heavy atom. The van der Waals surface area contributed by atoms with E-state index >= 15 is 0 Å². The van der Waals surface area contributed by atoms with Gasteiger partial charge in [0.2, 0.25) is 5.91 Å². The van der Waals surface area contributed by atoms with Crippen LogP contribution in [0.2, 0.25) is 0 Å². The number of aromatic nitrogens is 3. The summed E-state index contributed by atoms with van der Waals surface area (Å²) < 4.78 is 6.69. The van der Waals surface area contributed by atoms with Crippen molar-refractivity contribution in [1.29, 1.82) is 0 Å². The standard InChI is InChI=1S/C22H24N4O3/c1-29-15-6-7-19-16(11-15)17-12-25(9-8-20(17)23-19)22(28)13-26-21(27)10-14-4-2-3-5-18(14)24-26/h6-7,10-11,23H,2-5,8-9,12-13H2,1H3. The SMILES string of the molecule is COc1ccc2[nH]c3c(c2c1)CN(C(=O)Cn1nc2c(cc1=O)CCCC2)CC3. The van der Waals surface area contributed by atoms with Gasteiger partial charge in [-0.2, -0.15) is 5.10 Å². The first-order valence-corrected chi connectivity index (χ1v) is 10.2. The van der Waals surface area contributed by atoms with Gasteiger partial charge in [0.05, 0.1) is 12.8 Å². The van der Waals surface area contributed by atoms with E-state index in [4.69, 9.17) is 4.74 Å². The number of hydrogen-bond acceptors (Lipinski definition) is 4. The lowest BCUT2D eigenvalue weighted by molar-refractivity contribution is -0.133. The van der Waals surface area contributed by atoms with Gasteiger partial charge in [0.25, 0.3) is 5.56 Å². The van der Waals surface area contributed by atoms with Crippen LogP contribution in [-0.2, 0) is 37.1 Å². The second-order valence-electron chi connectivity index (χ2n) is 7.88. The number of aromatic amines is 1. The number of amides is 1. The Hall–Kier alpha value is -3.09. The molecular formula is C22H24N4O3. The molecule has 7 nitrogen and oxygen atoms in total. The molecule has 29 heavy (non-hydrogen) atoms. The molecule has 1 N–H and O–H groups in total. The van der Waals surface area contributed by atoms with Gasteiger partial charge in [0.1, 0.15) is 12.3 Å². The molecule has 0 unspecified atom stereocenters. The minimum Gasteiger partial charge on any atom is -0.497 e. The van der Waals surface area contributed by atoms with Crippen LogP contribution in [0.3, 0.4) is 0 Å². The van der Waals surface area contributed by atoms with E-state index in [2.05, 4.69) is 10.1 Å². The van der Waals surface area contributed by atoms with E-state index in [9.17, 15) is 9.59 Å². The van der Waals surface area contributed by atoms with Crippen LogP contribution in [0.5, 0.6) is 5.75 Å². The fourth-order valence-corrected chi connectivity index (χ4v) is 4.48. The number of carbonyl (C=O) groups is 1. The number of aryl methyl sites for hydroxylation is 2. The molecule has 3 aromatic rings. The van der Waals surface area contributed by atoms with Gasteiger partial charge in [0, 0.05) is 47.7 Å². The lowest BCUT2D eigenvalue weighted by Crippen LogP contribution is -2.40. The molecule has 150 valence electrons. The van der Waals surface area contributed by atoms with Gasteiger partial charge in [-0.05, 0) is 49.4 Å². The van der Waals surface area contributed by atoms with Crippen molar-refractivity contribution in [3.63, 3.8) is 0 Å². The molecule has 5 rings (SSSR count). The Morgan fingerprint density at radius 3 is 2.93 bits per heavy atom. The summed E-state index contributed by atoms with van der Waals surface area (Å²) in [6.45, 7) is 1.16. The Morgan fingerprint density at radius 2 is 2.07 bits per heavy atom. The van der Waals surface area contributed by atoms with Crippen LogP contribution in [0.4, 0.5) is 0 Å². The molecule has 3 heterocycles. The smallest absolute Gasteiger partial charge is 0.267 e. The molecule has 1 amide bonds. The van der Waals surface area contributed by atoms with Crippen LogP contribution in [-0.4, -0.2) is 39.2 Å². The molecule has 0 spiro atoms. The molecule has 1 aromatic carbocycles. The van der Waals surface area contributed by atoms with Crippen LogP contribution in [0, 0.1) is 0 Å². The maximum absolute atomic E-state index is 13.0. The minimum atomic E-state index is -0.187. The number of carbonyl (C=O) groups excluding carboxylic acids is 1. The quantitative estimate of drug-likeness (QED) is 0.741. The number of hydrogen-bond donors (Lipinski definition) is 1. The van der Waals surface area contributed by atoms with Crippen LogP contribution < -0.4 is 10.3 Å². The summed E-state index contributed by atoms with van der Waals surface area (Å²) in [6.07, 6.45) is 4.75. The molecule has 0 fully saturated rings. The number of ether oxygens (including phenoxy) is 1. The third-order valence-electron chi connectivity index (χ3n) is 6.09. The monoisotopic (exact) mass is 392 g/mol. The van der Waals surface area contributed by atoms with E-state index in [1.807, 2.05) is 23.1 Å². The molecule has 0 saturated carbocycles. The molecular weight excluding hydrogens is 368 g/mol. The maximum Gasteiger partial charge on any atom is 0.267 e. The Kier molecular flexibility index (Phi) is 4.38. The van der Waals surface area contributed by atoms with E-state index in [-0.39, 0.29) is 18.0 Å². The third kappa shape index (κ3) is 3.20. The third-order valence-corrected chi connectivity index (χ3v) is 6.09. The second-order valence-corrected chi connectivity index (χ2v) is 7.88. The van der Waals surface area contributed by atoms with Crippen LogP contribution >= 0.6 is 0 Å². The first-order valence-electron chi connectivity index (χ1n) is 10.2. The van der Waals surface area contributed by atoms with E-state index in [1.54, 1.807) is 13.2 Å². The van der Waals surface area contributed by atoms with Gasteiger partial charge in [-0.3, -0.25) is 9.59 Å². The molecule has 2 aliphatic rings. The molecule has 0 atom stereocenters. The minimum absolute atomic E-state index is 0.00682. The van der Waals surface area contributed by atoms with Crippen molar-refractivity contribution in [2.45, 2.75) is 45.2 Å². The van der Waals surface area contributed by atoms with Crippen molar-refractivity contribution in [2.24, 2.45) is 0 Å². The molecule has 1 aliphatic carbocycles. The van der Waals surface area contributed by atoms with Gasteiger partial charge in [-0.1, -0.05) is 0 Å². The normalized spacial score (nSPS) is 15.8. The van der Waals surface area contributed by atoms with E-state index < -0.39 is 0 Å². The highest BCUT2D eigenvalue weighted by Crippen LogP contribution is 2.30. The van der Waals surface area contributed by atoms with Crippen molar-refractivity contribution in [2.75, 3.05) is 13.7 Å².